The smallest absolute Gasteiger partial charge is 0.251 e. The van der Waals surface area contributed by atoms with Gasteiger partial charge in [-0.15, -0.1) is 0 Å². The van der Waals surface area contributed by atoms with Gasteiger partial charge in [0, 0.05) is 17.1 Å². The Kier molecular flexibility index (Phi) is 8.99. The summed E-state index contributed by atoms with van der Waals surface area (Å²) in [5.74, 6) is -1.05. The number of halogens is 1. The highest BCUT2D eigenvalue weighted by Gasteiger charge is 2.26. The molecule has 0 radical (unpaired) electrons. The molecular weight excluding hydrogens is 342 g/mol. The molecule has 0 heterocycles. The van der Waals surface area contributed by atoms with Crippen LogP contribution in [0.15, 0.2) is 24.3 Å². The van der Waals surface area contributed by atoms with Crippen LogP contribution in [-0.4, -0.2) is 36.9 Å². The van der Waals surface area contributed by atoms with E-state index in [4.69, 9.17) is 11.6 Å². The lowest BCUT2D eigenvalue weighted by atomic mass is 9.98. The van der Waals surface area contributed by atoms with Crippen molar-refractivity contribution in [3.63, 3.8) is 0 Å². The lowest BCUT2D eigenvalue weighted by Crippen LogP contribution is -2.51. The van der Waals surface area contributed by atoms with Crippen molar-refractivity contribution in [2.45, 2.75) is 39.7 Å². The van der Waals surface area contributed by atoms with Crippen LogP contribution in [-0.2, 0) is 9.59 Å². The second-order valence-corrected chi connectivity index (χ2v) is 6.35. The fourth-order valence-corrected chi connectivity index (χ4v) is 2.26. The van der Waals surface area contributed by atoms with E-state index in [2.05, 4.69) is 16.0 Å². The van der Waals surface area contributed by atoms with Crippen molar-refractivity contribution in [3.05, 3.63) is 34.9 Å². The average molecular weight is 368 g/mol. The number of carbonyl (C=O) groups excluding carboxylic acids is 3. The van der Waals surface area contributed by atoms with Gasteiger partial charge in [0.25, 0.3) is 5.91 Å². The van der Waals surface area contributed by atoms with Crippen molar-refractivity contribution in [1.29, 1.82) is 0 Å². The van der Waals surface area contributed by atoms with Gasteiger partial charge in [-0.3, -0.25) is 14.4 Å². The zero-order chi connectivity index (χ0) is 18.8. The number of hydrogen-bond acceptors (Lipinski definition) is 3. The Morgan fingerprint density at radius 3 is 2.28 bits per heavy atom. The second-order valence-electron chi connectivity index (χ2n) is 5.91. The van der Waals surface area contributed by atoms with Crippen LogP contribution in [0.25, 0.3) is 0 Å². The third kappa shape index (κ3) is 7.13. The first kappa shape index (κ1) is 21.0. The van der Waals surface area contributed by atoms with Gasteiger partial charge in [-0.05, 0) is 36.6 Å². The first-order valence-corrected chi connectivity index (χ1v) is 8.87. The molecule has 0 aliphatic carbocycles. The molecular formula is C18H26ClN3O3. The summed E-state index contributed by atoms with van der Waals surface area (Å²) >= 11 is 5.82. The molecule has 25 heavy (non-hydrogen) atoms. The van der Waals surface area contributed by atoms with Gasteiger partial charge < -0.3 is 16.0 Å². The van der Waals surface area contributed by atoms with Crippen LogP contribution in [0.4, 0.5) is 0 Å². The third-order valence-electron chi connectivity index (χ3n) is 3.88. The Hall–Kier alpha value is -2.08. The summed E-state index contributed by atoms with van der Waals surface area (Å²) in [6.45, 7) is 6.22. The predicted octanol–water partition coefficient (Wildman–Crippen LogP) is 2.13. The van der Waals surface area contributed by atoms with Crippen LogP contribution in [0.5, 0.6) is 0 Å². The normalized spacial score (nSPS) is 12.8. The summed E-state index contributed by atoms with van der Waals surface area (Å²) in [6.07, 6.45) is 1.54. The van der Waals surface area contributed by atoms with Crippen LogP contribution in [0.1, 0.15) is 44.0 Å². The highest BCUT2D eigenvalue weighted by atomic mass is 35.5. The van der Waals surface area contributed by atoms with Crippen molar-refractivity contribution in [2.24, 2.45) is 5.92 Å². The standard InChI is InChI=1S/C18H26ClN3O3/c1-4-10-20-15(23)11-21-18(25)16(12(3)5-2)22-17(24)13-6-8-14(19)9-7-13/h6-9,12,16H,4-5,10-11H2,1-3H3,(H,20,23)(H,21,25)(H,22,24)/t12-,16-/m1/s1. The topological polar surface area (TPSA) is 87.3 Å². The summed E-state index contributed by atoms with van der Waals surface area (Å²) in [4.78, 5) is 36.4. The monoisotopic (exact) mass is 367 g/mol. The third-order valence-corrected chi connectivity index (χ3v) is 4.14. The number of carbonyl (C=O) groups is 3. The van der Waals surface area contributed by atoms with Crippen LogP contribution >= 0.6 is 11.6 Å². The molecule has 1 aromatic carbocycles. The minimum absolute atomic E-state index is 0.0741. The van der Waals surface area contributed by atoms with E-state index in [0.29, 0.717) is 23.6 Å². The zero-order valence-corrected chi connectivity index (χ0v) is 15.7. The molecule has 2 atom stereocenters. The van der Waals surface area contributed by atoms with Gasteiger partial charge in [-0.1, -0.05) is 38.8 Å². The van der Waals surface area contributed by atoms with Crippen molar-refractivity contribution >= 4 is 29.3 Å². The van der Waals surface area contributed by atoms with E-state index >= 15 is 0 Å². The van der Waals surface area contributed by atoms with Crippen LogP contribution < -0.4 is 16.0 Å². The molecule has 0 aromatic heterocycles. The molecule has 0 saturated carbocycles. The summed E-state index contributed by atoms with van der Waals surface area (Å²) in [5, 5.41) is 8.55. The van der Waals surface area contributed by atoms with Gasteiger partial charge >= 0.3 is 0 Å². The van der Waals surface area contributed by atoms with Crippen LogP contribution in [0.3, 0.4) is 0 Å². The van der Waals surface area contributed by atoms with Gasteiger partial charge in [0.2, 0.25) is 11.8 Å². The molecule has 0 fully saturated rings. The second kappa shape index (κ2) is 10.7. The summed E-state index contributed by atoms with van der Waals surface area (Å²) < 4.78 is 0. The molecule has 0 bridgehead atoms. The Morgan fingerprint density at radius 2 is 1.72 bits per heavy atom. The number of benzene rings is 1. The SMILES string of the molecule is CCCNC(=O)CNC(=O)[C@H](NC(=O)c1ccc(Cl)cc1)[C@H](C)CC. The fraction of sp³-hybridized carbons (Fsp3) is 0.500. The van der Waals surface area contributed by atoms with Gasteiger partial charge in [0.05, 0.1) is 6.54 Å². The largest absolute Gasteiger partial charge is 0.355 e. The Balaban J connectivity index is 2.69. The Bertz CT molecular complexity index is 590. The van der Waals surface area contributed by atoms with E-state index in [1.165, 1.54) is 0 Å². The highest BCUT2D eigenvalue weighted by molar-refractivity contribution is 6.30. The van der Waals surface area contributed by atoms with E-state index in [9.17, 15) is 14.4 Å². The number of nitrogens with one attached hydrogen (secondary N) is 3. The molecule has 3 amide bonds. The van der Waals surface area contributed by atoms with Crippen LogP contribution in [0.2, 0.25) is 5.02 Å². The minimum atomic E-state index is -0.716. The maximum absolute atomic E-state index is 12.4. The lowest BCUT2D eigenvalue weighted by Gasteiger charge is -2.23. The van der Waals surface area contributed by atoms with E-state index in [0.717, 1.165) is 6.42 Å². The summed E-state index contributed by atoms with van der Waals surface area (Å²) in [7, 11) is 0. The molecule has 7 heteroatoms. The molecule has 0 aliphatic heterocycles. The van der Waals surface area contributed by atoms with E-state index in [1.54, 1.807) is 24.3 Å². The molecule has 0 aliphatic rings. The van der Waals surface area contributed by atoms with E-state index in [1.807, 2.05) is 20.8 Å². The van der Waals surface area contributed by atoms with Crippen LogP contribution in [0, 0.1) is 5.92 Å². The number of rotatable bonds is 9. The molecule has 138 valence electrons. The molecule has 0 unspecified atom stereocenters. The fourth-order valence-electron chi connectivity index (χ4n) is 2.13. The summed E-state index contributed by atoms with van der Waals surface area (Å²) in [6, 6.07) is 5.72. The molecule has 0 spiro atoms. The predicted molar refractivity (Wildman–Crippen MR) is 98.5 cm³/mol. The van der Waals surface area contributed by atoms with E-state index in [-0.39, 0.29) is 30.2 Å². The molecule has 3 N–H and O–H groups in total. The van der Waals surface area contributed by atoms with Gasteiger partial charge in [0.15, 0.2) is 0 Å². The van der Waals surface area contributed by atoms with Crippen molar-refractivity contribution < 1.29 is 14.4 Å². The summed E-state index contributed by atoms with van der Waals surface area (Å²) in [5.41, 5.74) is 0.422. The maximum atomic E-state index is 12.4. The first-order chi connectivity index (χ1) is 11.9. The van der Waals surface area contributed by atoms with Gasteiger partial charge in [-0.2, -0.15) is 0 Å². The van der Waals surface area contributed by atoms with Crippen molar-refractivity contribution in [3.8, 4) is 0 Å². The lowest BCUT2D eigenvalue weighted by molar-refractivity contribution is -0.127. The van der Waals surface area contributed by atoms with Crippen molar-refractivity contribution in [2.75, 3.05) is 13.1 Å². The number of hydrogen-bond donors (Lipinski definition) is 3. The van der Waals surface area contributed by atoms with Gasteiger partial charge in [-0.25, -0.2) is 0 Å². The highest BCUT2D eigenvalue weighted by Crippen LogP contribution is 2.12. The molecule has 1 rings (SSSR count). The average Bonchev–Trinajstić information content (AvgIpc) is 2.62. The van der Waals surface area contributed by atoms with Crippen molar-refractivity contribution in [1.82, 2.24) is 16.0 Å². The molecule has 6 nitrogen and oxygen atoms in total. The number of amides is 3. The maximum Gasteiger partial charge on any atom is 0.251 e. The molecule has 0 saturated heterocycles. The zero-order valence-electron chi connectivity index (χ0n) is 14.9. The van der Waals surface area contributed by atoms with Gasteiger partial charge in [0.1, 0.15) is 6.04 Å². The quantitative estimate of drug-likeness (QED) is 0.624. The first-order valence-electron chi connectivity index (χ1n) is 8.49. The minimum Gasteiger partial charge on any atom is -0.355 e. The Morgan fingerprint density at radius 1 is 1.08 bits per heavy atom. The molecule has 1 aromatic rings. The Labute approximate surface area is 153 Å². The van der Waals surface area contributed by atoms with E-state index < -0.39 is 6.04 Å².